The minimum Gasteiger partial charge on any atom is -0.349 e. The minimum absolute atomic E-state index is 0.0294. The number of hydrogen-bond donors (Lipinski definition) is 2. The molecule has 0 aliphatic carbocycles. The second-order valence-electron chi connectivity index (χ2n) is 7.42. The third-order valence-electron chi connectivity index (χ3n) is 5.32. The zero-order chi connectivity index (χ0) is 20.2. The van der Waals surface area contributed by atoms with Crippen molar-refractivity contribution in [1.29, 1.82) is 0 Å². The van der Waals surface area contributed by atoms with Crippen molar-refractivity contribution < 1.29 is 4.79 Å². The van der Waals surface area contributed by atoms with Crippen molar-refractivity contribution in [3.8, 4) is 0 Å². The number of carbonyl (C=O) groups excluding carboxylic acids is 1. The van der Waals surface area contributed by atoms with Gasteiger partial charge in [-0.05, 0) is 50.1 Å². The van der Waals surface area contributed by atoms with Crippen molar-refractivity contribution in [3.05, 3.63) is 89.5 Å². The molecule has 29 heavy (non-hydrogen) atoms. The summed E-state index contributed by atoms with van der Waals surface area (Å²) in [5, 5.41) is 3.18. The molecule has 4 aromatic rings. The molecule has 2 N–H and O–H groups in total. The molecule has 0 saturated heterocycles. The Labute approximate surface area is 170 Å². The molecule has 0 bridgehead atoms. The van der Waals surface area contributed by atoms with Gasteiger partial charge in [0.1, 0.15) is 11.9 Å². The van der Waals surface area contributed by atoms with Gasteiger partial charge < -0.3 is 14.9 Å². The molecule has 4 rings (SSSR count). The number of nitrogens with zero attached hydrogens (tertiary/aromatic N) is 2. The lowest BCUT2D eigenvalue weighted by Crippen LogP contribution is -2.30. The Bertz CT molecular complexity index is 1060. The van der Waals surface area contributed by atoms with Crippen LogP contribution in [0.2, 0.25) is 0 Å². The van der Waals surface area contributed by atoms with Crippen LogP contribution in [0.3, 0.4) is 0 Å². The molecule has 5 nitrogen and oxygen atoms in total. The molecular formula is C24H26N4O. The number of nitrogens with one attached hydrogen (secondary N) is 2. The number of amides is 1. The van der Waals surface area contributed by atoms with Gasteiger partial charge >= 0.3 is 0 Å². The number of para-hydroxylation sites is 2. The van der Waals surface area contributed by atoms with Crippen LogP contribution in [0, 0.1) is 13.8 Å². The fourth-order valence-electron chi connectivity index (χ4n) is 3.75. The second-order valence-corrected chi connectivity index (χ2v) is 7.42. The van der Waals surface area contributed by atoms with Crippen LogP contribution in [0.4, 0.5) is 0 Å². The Morgan fingerprint density at radius 3 is 2.41 bits per heavy atom. The molecular weight excluding hydrogens is 360 g/mol. The quantitative estimate of drug-likeness (QED) is 0.485. The van der Waals surface area contributed by atoms with E-state index in [0.29, 0.717) is 6.42 Å². The molecule has 0 unspecified atom stereocenters. The third kappa shape index (κ3) is 4.24. The molecule has 0 aliphatic rings. The summed E-state index contributed by atoms with van der Waals surface area (Å²) in [7, 11) is 0. The predicted octanol–water partition coefficient (Wildman–Crippen LogP) is 4.67. The topological polar surface area (TPSA) is 62.7 Å². The number of H-pyrrole nitrogens is 1. The number of aromatic nitrogens is 3. The zero-order valence-corrected chi connectivity index (χ0v) is 16.9. The Kier molecular flexibility index (Phi) is 5.47. The first kappa shape index (κ1) is 19.0. The number of fused-ring (bicyclic) bond motifs is 1. The second kappa shape index (κ2) is 8.35. The fraction of sp³-hybridized carbons (Fsp3) is 0.250. The lowest BCUT2D eigenvalue weighted by atomic mass is 10.1. The van der Waals surface area contributed by atoms with E-state index in [0.717, 1.165) is 35.4 Å². The highest BCUT2D eigenvalue weighted by Gasteiger charge is 2.20. The van der Waals surface area contributed by atoms with Gasteiger partial charge in [0.25, 0.3) is 0 Å². The molecule has 0 spiro atoms. The summed E-state index contributed by atoms with van der Waals surface area (Å²) in [6.07, 6.45) is 1.27. The van der Waals surface area contributed by atoms with E-state index in [4.69, 9.17) is 4.98 Å². The van der Waals surface area contributed by atoms with Crippen LogP contribution in [0.15, 0.2) is 66.7 Å². The highest BCUT2D eigenvalue weighted by molar-refractivity contribution is 5.78. The fourth-order valence-corrected chi connectivity index (χ4v) is 3.75. The number of benzene rings is 2. The van der Waals surface area contributed by atoms with Crippen molar-refractivity contribution in [2.45, 2.75) is 39.3 Å². The molecule has 2 heterocycles. The molecule has 2 aromatic carbocycles. The van der Waals surface area contributed by atoms with Gasteiger partial charge in [0.15, 0.2) is 0 Å². The summed E-state index contributed by atoms with van der Waals surface area (Å²) >= 11 is 0. The van der Waals surface area contributed by atoms with Gasteiger partial charge in [0, 0.05) is 24.4 Å². The average Bonchev–Trinajstić information content (AvgIpc) is 3.30. The molecule has 1 atom stereocenters. The van der Waals surface area contributed by atoms with E-state index in [2.05, 4.69) is 40.8 Å². The highest BCUT2D eigenvalue weighted by Crippen LogP contribution is 2.22. The SMILES string of the molecule is Cc1ccc(C)n1CCCC(=O)N[C@@H](c1ccccc1)c1nc2ccccc2[nH]1. The molecule has 0 fully saturated rings. The van der Waals surface area contributed by atoms with Gasteiger partial charge in [0.2, 0.25) is 5.91 Å². The van der Waals surface area contributed by atoms with E-state index in [9.17, 15) is 4.79 Å². The van der Waals surface area contributed by atoms with E-state index >= 15 is 0 Å². The number of imidazole rings is 1. The maximum Gasteiger partial charge on any atom is 0.220 e. The average molecular weight is 386 g/mol. The number of hydrogen-bond acceptors (Lipinski definition) is 2. The Morgan fingerprint density at radius 2 is 1.69 bits per heavy atom. The molecule has 1 amide bonds. The monoisotopic (exact) mass is 386 g/mol. The van der Waals surface area contributed by atoms with Crippen LogP contribution < -0.4 is 5.32 Å². The van der Waals surface area contributed by atoms with Crippen molar-refractivity contribution >= 4 is 16.9 Å². The van der Waals surface area contributed by atoms with Crippen LogP contribution in [0.1, 0.15) is 41.7 Å². The first-order valence-corrected chi connectivity index (χ1v) is 10.0. The van der Waals surface area contributed by atoms with Crippen molar-refractivity contribution in [2.24, 2.45) is 0 Å². The van der Waals surface area contributed by atoms with Gasteiger partial charge in [0.05, 0.1) is 11.0 Å². The first-order chi connectivity index (χ1) is 14.1. The molecule has 0 saturated carbocycles. The number of aromatic amines is 1. The number of aryl methyl sites for hydroxylation is 2. The summed E-state index contributed by atoms with van der Waals surface area (Å²) in [6, 6.07) is 21.8. The van der Waals surface area contributed by atoms with Crippen molar-refractivity contribution in [3.63, 3.8) is 0 Å². The van der Waals surface area contributed by atoms with Gasteiger partial charge in [-0.25, -0.2) is 4.98 Å². The van der Waals surface area contributed by atoms with E-state index in [-0.39, 0.29) is 11.9 Å². The molecule has 5 heteroatoms. The normalized spacial score (nSPS) is 12.2. The highest BCUT2D eigenvalue weighted by atomic mass is 16.1. The van der Waals surface area contributed by atoms with Crippen LogP contribution in [-0.4, -0.2) is 20.4 Å². The van der Waals surface area contributed by atoms with Crippen LogP contribution in [-0.2, 0) is 11.3 Å². The Hall–Kier alpha value is -3.34. The maximum absolute atomic E-state index is 12.8. The van der Waals surface area contributed by atoms with Crippen molar-refractivity contribution in [1.82, 2.24) is 19.9 Å². The summed E-state index contributed by atoms with van der Waals surface area (Å²) in [5.74, 6) is 0.782. The number of carbonyl (C=O) groups is 1. The van der Waals surface area contributed by atoms with Gasteiger partial charge in [-0.3, -0.25) is 4.79 Å². The van der Waals surface area contributed by atoms with Gasteiger partial charge in [-0.2, -0.15) is 0 Å². The molecule has 0 radical (unpaired) electrons. The van der Waals surface area contributed by atoms with E-state index in [1.807, 2.05) is 54.6 Å². The van der Waals surface area contributed by atoms with Crippen LogP contribution in [0.5, 0.6) is 0 Å². The van der Waals surface area contributed by atoms with E-state index in [1.165, 1.54) is 11.4 Å². The van der Waals surface area contributed by atoms with Crippen molar-refractivity contribution in [2.75, 3.05) is 0 Å². The summed E-state index contributed by atoms with van der Waals surface area (Å²) in [6.45, 7) is 5.04. The summed E-state index contributed by atoms with van der Waals surface area (Å²) in [5.41, 5.74) is 5.34. The standard InChI is InChI=1S/C24H26N4O/c1-17-14-15-18(2)28(17)16-8-13-22(29)27-23(19-9-4-3-5-10-19)24-25-20-11-6-7-12-21(20)26-24/h3-7,9-12,14-15,23H,8,13,16H2,1-2H3,(H,25,26)(H,27,29)/t23-/m0/s1. The lowest BCUT2D eigenvalue weighted by molar-refractivity contribution is -0.121. The van der Waals surface area contributed by atoms with E-state index < -0.39 is 0 Å². The molecule has 2 aromatic heterocycles. The lowest BCUT2D eigenvalue weighted by Gasteiger charge is -2.17. The zero-order valence-electron chi connectivity index (χ0n) is 16.9. The maximum atomic E-state index is 12.8. The van der Waals surface area contributed by atoms with E-state index in [1.54, 1.807) is 0 Å². The minimum atomic E-state index is -0.300. The number of rotatable bonds is 7. The van der Waals surface area contributed by atoms with Crippen LogP contribution in [0.25, 0.3) is 11.0 Å². The third-order valence-corrected chi connectivity index (χ3v) is 5.32. The Balaban J connectivity index is 1.49. The smallest absolute Gasteiger partial charge is 0.220 e. The summed E-state index contributed by atoms with van der Waals surface area (Å²) < 4.78 is 2.25. The van der Waals surface area contributed by atoms with Crippen LogP contribution >= 0.6 is 0 Å². The van der Waals surface area contributed by atoms with Gasteiger partial charge in [-0.15, -0.1) is 0 Å². The Morgan fingerprint density at radius 1 is 1.00 bits per heavy atom. The molecule has 0 aliphatic heterocycles. The van der Waals surface area contributed by atoms with Gasteiger partial charge in [-0.1, -0.05) is 42.5 Å². The predicted molar refractivity (Wildman–Crippen MR) is 116 cm³/mol. The molecule has 148 valence electrons. The largest absolute Gasteiger partial charge is 0.349 e. The first-order valence-electron chi connectivity index (χ1n) is 10.0. The summed E-state index contributed by atoms with van der Waals surface area (Å²) in [4.78, 5) is 20.8.